The first-order chi connectivity index (χ1) is 6.74. The summed E-state index contributed by atoms with van der Waals surface area (Å²) in [5.74, 6) is -1.00. The van der Waals surface area contributed by atoms with Gasteiger partial charge < -0.3 is 10.4 Å². The Morgan fingerprint density at radius 3 is 2.93 bits per heavy atom. The van der Waals surface area contributed by atoms with Gasteiger partial charge in [0.25, 0.3) is 0 Å². The molecule has 1 aliphatic carbocycles. The fourth-order valence-electron chi connectivity index (χ4n) is 1.35. The van der Waals surface area contributed by atoms with Crippen LogP contribution in [0, 0.1) is 0 Å². The molecule has 0 spiro atoms. The van der Waals surface area contributed by atoms with Crippen molar-refractivity contribution >= 4 is 12.4 Å². The van der Waals surface area contributed by atoms with E-state index < -0.39 is 12.0 Å². The van der Waals surface area contributed by atoms with Gasteiger partial charge in [0.1, 0.15) is 6.04 Å². The van der Waals surface area contributed by atoms with Crippen LogP contribution < -0.4 is 5.32 Å². The number of carbonyl (C=O) groups excluding carboxylic acids is 1. The van der Waals surface area contributed by atoms with Gasteiger partial charge in [-0.25, -0.2) is 4.79 Å². The number of amides is 1. The average Bonchev–Trinajstić information content (AvgIpc) is 2.18. The van der Waals surface area contributed by atoms with E-state index in [1.165, 1.54) is 0 Å². The summed E-state index contributed by atoms with van der Waals surface area (Å²) >= 11 is 0. The number of rotatable bonds is 5. The smallest absolute Gasteiger partial charge is 0.326 e. The third-order valence-corrected chi connectivity index (χ3v) is 2.08. The zero-order chi connectivity index (χ0) is 10.4. The molecule has 0 saturated carbocycles. The van der Waals surface area contributed by atoms with E-state index in [-0.39, 0.29) is 0 Å². The van der Waals surface area contributed by atoms with Crippen molar-refractivity contribution in [2.24, 2.45) is 0 Å². The molecular weight excluding hydrogens is 182 g/mol. The molecule has 76 valence electrons. The van der Waals surface area contributed by atoms with Crippen LogP contribution in [0.15, 0.2) is 23.8 Å². The zero-order valence-corrected chi connectivity index (χ0v) is 7.77. The van der Waals surface area contributed by atoms with Crippen molar-refractivity contribution in [3.8, 4) is 0 Å². The molecule has 4 nitrogen and oxygen atoms in total. The topological polar surface area (TPSA) is 66.4 Å². The number of aliphatic carboxylic acids is 1. The minimum atomic E-state index is -1.00. The van der Waals surface area contributed by atoms with Crippen molar-refractivity contribution in [3.05, 3.63) is 23.8 Å². The van der Waals surface area contributed by atoms with E-state index >= 15 is 0 Å². The highest BCUT2D eigenvalue weighted by Crippen LogP contribution is 2.14. The molecule has 0 aliphatic heterocycles. The highest BCUT2D eigenvalue weighted by Gasteiger charge is 2.17. The molecule has 0 aromatic heterocycles. The number of hydrogen-bond donors (Lipinski definition) is 2. The van der Waals surface area contributed by atoms with E-state index in [0.29, 0.717) is 12.8 Å². The van der Waals surface area contributed by atoms with E-state index in [1.807, 2.05) is 18.2 Å². The van der Waals surface area contributed by atoms with Crippen LogP contribution in [-0.2, 0) is 9.59 Å². The Labute approximate surface area is 82.3 Å². The summed E-state index contributed by atoms with van der Waals surface area (Å²) in [4.78, 5) is 20.8. The molecule has 0 aromatic rings. The predicted octanol–water partition coefficient (Wildman–Crippen LogP) is 0.852. The van der Waals surface area contributed by atoms with Crippen LogP contribution in [0.4, 0.5) is 0 Å². The molecule has 0 fully saturated rings. The molecule has 1 aliphatic rings. The number of carboxylic acid groups (broad SMARTS) is 1. The Hall–Kier alpha value is -1.58. The number of hydrogen-bond acceptors (Lipinski definition) is 2. The lowest BCUT2D eigenvalue weighted by Gasteiger charge is -2.13. The van der Waals surface area contributed by atoms with Crippen LogP contribution in [0.5, 0.6) is 0 Å². The van der Waals surface area contributed by atoms with Gasteiger partial charge >= 0.3 is 5.97 Å². The molecule has 14 heavy (non-hydrogen) atoms. The Bertz CT molecular complexity index is 281. The Morgan fingerprint density at radius 1 is 1.64 bits per heavy atom. The largest absolute Gasteiger partial charge is 0.480 e. The molecule has 0 heterocycles. The van der Waals surface area contributed by atoms with Gasteiger partial charge in [0, 0.05) is 6.42 Å². The van der Waals surface area contributed by atoms with Crippen molar-refractivity contribution in [2.75, 3.05) is 0 Å². The Balaban J connectivity index is 2.54. The number of carbonyl (C=O) groups is 2. The van der Waals surface area contributed by atoms with Crippen molar-refractivity contribution in [1.29, 1.82) is 0 Å². The van der Waals surface area contributed by atoms with Crippen LogP contribution in [0.2, 0.25) is 0 Å². The Kier molecular flexibility index (Phi) is 3.91. The summed E-state index contributed by atoms with van der Waals surface area (Å²) < 4.78 is 0. The molecule has 1 rings (SSSR count). The van der Waals surface area contributed by atoms with Gasteiger partial charge in [-0.2, -0.15) is 0 Å². The van der Waals surface area contributed by atoms with Crippen molar-refractivity contribution in [3.63, 3.8) is 0 Å². The zero-order valence-electron chi connectivity index (χ0n) is 7.77. The SMILES string of the molecule is O=CNC(CC1=CCCC=C1)C(=O)O. The summed E-state index contributed by atoms with van der Waals surface area (Å²) in [7, 11) is 0. The van der Waals surface area contributed by atoms with Gasteiger partial charge in [-0.3, -0.25) is 4.79 Å². The van der Waals surface area contributed by atoms with E-state index in [0.717, 1.165) is 18.4 Å². The van der Waals surface area contributed by atoms with Gasteiger partial charge in [-0.15, -0.1) is 0 Å². The molecule has 1 amide bonds. The number of allylic oxidation sites excluding steroid dienone is 3. The van der Waals surface area contributed by atoms with Crippen LogP contribution in [-0.4, -0.2) is 23.5 Å². The minimum absolute atomic E-state index is 0.352. The van der Waals surface area contributed by atoms with Gasteiger partial charge in [-0.1, -0.05) is 18.2 Å². The van der Waals surface area contributed by atoms with Crippen LogP contribution in [0.3, 0.4) is 0 Å². The predicted molar refractivity (Wildman–Crippen MR) is 51.7 cm³/mol. The second kappa shape index (κ2) is 5.21. The van der Waals surface area contributed by atoms with E-state index in [1.54, 1.807) is 0 Å². The van der Waals surface area contributed by atoms with Crippen molar-refractivity contribution in [1.82, 2.24) is 5.32 Å². The van der Waals surface area contributed by atoms with Gasteiger partial charge in [-0.05, 0) is 18.4 Å². The molecule has 0 radical (unpaired) electrons. The van der Waals surface area contributed by atoms with Crippen LogP contribution in [0.1, 0.15) is 19.3 Å². The van der Waals surface area contributed by atoms with E-state index in [4.69, 9.17) is 5.11 Å². The summed E-state index contributed by atoms with van der Waals surface area (Å²) in [5, 5.41) is 11.0. The lowest BCUT2D eigenvalue weighted by molar-refractivity contribution is -0.140. The first kappa shape index (κ1) is 10.5. The minimum Gasteiger partial charge on any atom is -0.480 e. The normalized spacial score (nSPS) is 17.0. The standard InChI is InChI=1S/C10H13NO3/c12-7-11-9(10(13)14)6-8-4-2-1-3-5-8/h2,4-5,7,9H,1,3,6H2,(H,11,12)(H,13,14). The maximum absolute atomic E-state index is 10.7. The summed E-state index contributed by atoms with van der Waals surface area (Å²) in [5.41, 5.74) is 0.970. The first-order valence-electron chi connectivity index (χ1n) is 4.52. The number of carboxylic acids is 1. The number of nitrogens with one attached hydrogen (secondary N) is 1. The summed E-state index contributed by atoms with van der Waals surface area (Å²) in [6.07, 6.45) is 8.64. The first-order valence-corrected chi connectivity index (χ1v) is 4.52. The molecule has 0 aromatic carbocycles. The highest BCUT2D eigenvalue weighted by atomic mass is 16.4. The monoisotopic (exact) mass is 195 g/mol. The highest BCUT2D eigenvalue weighted by molar-refractivity contribution is 5.76. The second-order valence-corrected chi connectivity index (χ2v) is 3.14. The van der Waals surface area contributed by atoms with Crippen molar-refractivity contribution in [2.45, 2.75) is 25.3 Å². The maximum atomic E-state index is 10.7. The summed E-state index contributed by atoms with van der Waals surface area (Å²) in [6, 6.07) is -0.818. The van der Waals surface area contributed by atoms with Gasteiger partial charge in [0.15, 0.2) is 0 Å². The van der Waals surface area contributed by atoms with Gasteiger partial charge in [0.05, 0.1) is 0 Å². The van der Waals surface area contributed by atoms with E-state index in [9.17, 15) is 9.59 Å². The fraction of sp³-hybridized carbons (Fsp3) is 0.400. The molecule has 0 saturated heterocycles. The summed E-state index contributed by atoms with van der Waals surface area (Å²) in [6.45, 7) is 0. The van der Waals surface area contributed by atoms with Gasteiger partial charge in [0.2, 0.25) is 6.41 Å². The molecular formula is C10H13NO3. The molecule has 1 unspecified atom stereocenters. The Morgan fingerprint density at radius 2 is 2.43 bits per heavy atom. The molecule has 1 atom stereocenters. The van der Waals surface area contributed by atoms with Crippen molar-refractivity contribution < 1.29 is 14.7 Å². The quantitative estimate of drug-likeness (QED) is 0.639. The maximum Gasteiger partial charge on any atom is 0.326 e. The lowest BCUT2D eigenvalue weighted by Crippen LogP contribution is -2.35. The van der Waals surface area contributed by atoms with E-state index in [2.05, 4.69) is 5.32 Å². The lowest BCUT2D eigenvalue weighted by atomic mass is 10.0. The molecule has 2 N–H and O–H groups in total. The van der Waals surface area contributed by atoms with Crippen LogP contribution in [0.25, 0.3) is 0 Å². The second-order valence-electron chi connectivity index (χ2n) is 3.14. The molecule has 0 bridgehead atoms. The van der Waals surface area contributed by atoms with Crippen LogP contribution >= 0.6 is 0 Å². The third-order valence-electron chi connectivity index (χ3n) is 2.08. The average molecular weight is 195 g/mol. The molecule has 4 heteroatoms. The fourth-order valence-corrected chi connectivity index (χ4v) is 1.35. The third kappa shape index (κ3) is 3.05.